The van der Waals surface area contributed by atoms with Gasteiger partial charge in [-0.15, -0.1) is 11.3 Å². The normalized spacial score (nSPS) is 11.8. The lowest BCUT2D eigenvalue weighted by molar-refractivity contribution is 0.491. The maximum absolute atomic E-state index is 15.2. The molecule has 0 unspecified atom stereocenters. The fraction of sp³-hybridized carbons (Fsp3) is 0.235. The Bertz CT molecular complexity index is 1120. The molecule has 28 heavy (non-hydrogen) atoms. The van der Waals surface area contributed by atoms with Crippen molar-refractivity contribution < 1.29 is 12.8 Å². The first-order valence-electron chi connectivity index (χ1n) is 8.22. The van der Waals surface area contributed by atoms with Crippen LogP contribution in [-0.2, 0) is 10.2 Å². The van der Waals surface area contributed by atoms with Crippen LogP contribution in [-0.4, -0.2) is 41.3 Å². The van der Waals surface area contributed by atoms with Crippen LogP contribution < -0.4 is 4.72 Å². The fourth-order valence-corrected chi connectivity index (χ4v) is 4.41. The van der Waals surface area contributed by atoms with Gasteiger partial charge in [-0.25, -0.2) is 19.3 Å². The predicted molar refractivity (Wildman–Crippen MR) is 109 cm³/mol. The van der Waals surface area contributed by atoms with Crippen LogP contribution in [0.5, 0.6) is 0 Å². The molecule has 148 valence electrons. The smallest absolute Gasteiger partial charge is 0.268 e. The molecule has 7 nitrogen and oxygen atoms in total. The Labute approximate surface area is 171 Å². The molecule has 0 atom stereocenters. The lowest BCUT2D eigenvalue weighted by Gasteiger charge is -2.17. The Hall–Kier alpha value is -2.14. The maximum atomic E-state index is 15.2. The highest BCUT2D eigenvalue weighted by atomic mass is 35.5. The van der Waals surface area contributed by atoms with Gasteiger partial charge in [0.2, 0.25) is 5.28 Å². The van der Waals surface area contributed by atoms with Crippen molar-refractivity contribution in [1.29, 1.82) is 0 Å². The molecule has 0 saturated carbocycles. The average Bonchev–Trinajstić information content (AvgIpc) is 3.04. The lowest BCUT2D eigenvalue weighted by atomic mass is 10.1. The number of halogens is 2. The van der Waals surface area contributed by atoms with Crippen LogP contribution >= 0.6 is 22.9 Å². The molecule has 0 amide bonds. The van der Waals surface area contributed by atoms with E-state index in [0.717, 1.165) is 4.31 Å². The molecule has 0 bridgehead atoms. The molecular weight excluding hydrogens is 425 g/mol. The minimum Gasteiger partial charge on any atom is -0.268 e. The third kappa shape index (κ3) is 4.14. The number of rotatable bonds is 6. The molecule has 3 aromatic rings. The molecule has 1 N–H and O–H groups in total. The van der Waals surface area contributed by atoms with Crippen LogP contribution in [0.4, 0.5) is 10.1 Å². The van der Waals surface area contributed by atoms with E-state index in [4.69, 9.17) is 11.6 Å². The van der Waals surface area contributed by atoms with Crippen LogP contribution in [0, 0.1) is 12.7 Å². The van der Waals surface area contributed by atoms with Gasteiger partial charge < -0.3 is 0 Å². The van der Waals surface area contributed by atoms with E-state index in [1.54, 1.807) is 26.0 Å². The van der Waals surface area contributed by atoms with Crippen molar-refractivity contribution in [3.8, 4) is 21.8 Å². The summed E-state index contributed by atoms with van der Waals surface area (Å²) < 4.78 is 43.1. The Kier molecular flexibility index (Phi) is 5.94. The summed E-state index contributed by atoms with van der Waals surface area (Å²) in [7, 11) is -2.45. The van der Waals surface area contributed by atoms with Gasteiger partial charge in [0.25, 0.3) is 0 Å². The predicted octanol–water partition coefficient (Wildman–Crippen LogP) is 3.98. The van der Waals surface area contributed by atoms with Gasteiger partial charge in [0.15, 0.2) is 5.82 Å². The lowest BCUT2D eigenvalue weighted by Crippen LogP contribution is -2.32. The van der Waals surface area contributed by atoms with Gasteiger partial charge in [-0.2, -0.15) is 12.7 Å². The molecular formula is C17H17ClFN5O2S2. The zero-order valence-electron chi connectivity index (χ0n) is 15.3. The zero-order chi connectivity index (χ0) is 20.5. The first-order valence-corrected chi connectivity index (χ1v) is 10.9. The Morgan fingerprint density at radius 3 is 2.71 bits per heavy atom. The molecule has 0 radical (unpaired) electrons. The molecule has 0 spiro atoms. The van der Waals surface area contributed by atoms with Crippen molar-refractivity contribution in [2.24, 2.45) is 0 Å². The Balaban J connectivity index is 2.09. The molecule has 2 heterocycles. The third-order valence-electron chi connectivity index (χ3n) is 3.94. The molecule has 2 aromatic heterocycles. The van der Waals surface area contributed by atoms with Crippen LogP contribution in [0.15, 0.2) is 30.5 Å². The van der Waals surface area contributed by atoms with Crippen molar-refractivity contribution in [1.82, 2.24) is 19.3 Å². The number of hydrogen-bond donors (Lipinski definition) is 1. The Morgan fingerprint density at radius 1 is 1.29 bits per heavy atom. The minimum atomic E-state index is -3.86. The second kappa shape index (κ2) is 8.08. The van der Waals surface area contributed by atoms with Crippen LogP contribution in [0.2, 0.25) is 5.28 Å². The van der Waals surface area contributed by atoms with Gasteiger partial charge in [-0.1, -0.05) is 13.0 Å². The SMILES string of the molecule is CCN(C)S(=O)(=O)Nc1cccc(-c2nc(C)sc2-c2ccnc(Cl)n2)c1F. The third-order valence-corrected chi connectivity index (χ3v) is 6.67. The summed E-state index contributed by atoms with van der Waals surface area (Å²) in [5.41, 5.74) is 0.875. The zero-order valence-corrected chi connectivity index (χ0v) is 17.7. The van der Waals surface area contributed by atoms with Crippen molar-refractivity contribution in [3.05, 3.63) is 46.6 Å². The standard InChI is InChI=1S/C17H17ClFN5O2S2/c1-4-24(3)28(25,26)23-12-7-5-6-11(14(12)19)15-16(27-10(2)21-15)13-8-9-20-17(18)22-13/h5-9,23H,4H2,1-3H3. The monoisotopic (exact) mass is 441 g/mol. The van der Waals surface area contributed by atoms with E-state index in [9.17, 15) is 8.42 Å². The van der Waals surface area contributed by atoms with E-state index in [1.165, 1.54) is 36.7 Å². The number of nitrogens with one attached hydrogen (secondary N) is 1. The fourth-order valence-electron chi connectivity index (χ4n) is 2.43. The number of aromatic nitrogens is 3. The second-order valence-corrected chi connectivity index (χ2v) is 9.13. The van der Waals surface area contributed by atoms with Gasteiger partial charge in [0.05, 0.1) is 27.0 Å². The number of nitrogens with zero attached hydrogens (tertiary/aromatic N) is 4. The van der Waals surface area contributed by atoms with Gasteiger partial charge >= 0.3 is 10.2 Å². The average molecular weight is 442 g/mol. The van der Waals surface area contributed by atoms with Crippen LogP contribution in [0.3, 0.4) is 0 Å². The van der Waals surface area contributed by atoms with Gasteiger partial charge in [0.1, 0.15) is 0 Å². The van der Waals surface area contributed by atoms with Gasteiger partial charge in [-0.3, -0.25) is 4.72 Å². The van der Waals surface area contributed by atoms with Gasteiger partial charge in [0, 0.05) is 25.4 Å². The molecule has 0 saturated heterocycles. The highest BCUT2D eigenvalue weighted by molar-refractivity contribution is 7.90. The van der Waals surface area contributed by atoms with E-state index in [1.807, 2.05) is 0 Å². The Morgan fingerprint density at radius 2 is 2.04 bits per heavy atom. The van der Waals surface area contributed by atoms with E-state index >= 15 is 4.39 Å². The van der Waals surface area contributed by atoms with Crippen LogP contribution in [0.1, 0.15) is 11.9 Å². The number of anilines is 1. The quantitative estimate of drug-likeness (QED) is 0.584. The van der Waals surface area contributed by atoms with Gasteiger partial charge in [-0.05, 0) is 36.7 Å². The highest BCUT2D eigenvalue weighted by Crippen LogP contribution is 2.38. The molecule has 0 aliphatic carbocycles. The van der Waals surface area contributed by atoms with E-state index < -0.39 is 16.0 Å². The maximum Gasteiger partial charge on any atom is 0.301 e. The topological polar surface area (TPSA) is 88.1 Å². The second-order valence-electron chi connectivity index (χ2n) is 5.81. The highest BCUT2D eigenvalue weighted by Gasteiger charge is 2.22. The summed E-state index contributed by atoms with van der Waals surface area (Å²) in [6.07, 6.45) is 1.50. The molecule has 1 aromatic carbocycles. The number of hydrogen-bond acceptors (Lipinski definition) is 6. The summed E-state index contributed by atoms with van der Waals surface area (Å²) in [5, 5.41) is 0.773. The van der Waals surface area contributed by atoms with Crippen molar-refractivity contribution >= 4 is 38.8 Å². The summed E-state index contributed by atoms with van der Waals surface area (Å²) >= 11 is 7.21. The molecule has 0 aliphatic rings. The first kappa shape index (κ1) is 20.6. The summed E-state index contributed by atoms with van der Waals surface area (Å²) in [6, 6.07) is 6.12. The van der Waals surface area contributed by atoms with Crippen molar-refractivity contribution in [3.63, 3.8) is 0 Å². The molecule has 11 heteroatoms. The summed E-state index contributed by atoms with van der Waals surface area (Å²) in [4.78, 5) is 13.1. The molecule has 0 fully saturated rings. The first-order chi connectivity index (χ1) is 13.2. The number of benzene rings is 1. The molecule has 3 rings (SSSR count). The summed E-state index contributed by atoms with van der Waals surface area (Å²) in [6.45, 7) is 3.73. The number of thiazole rings is 1. The van der Waals surface area contributed by atoms with E-state index in [0.29, 0.717) is 21.3 Å². The van der Waals surface area contributed by atoms with E-state index in [2.05, 4.69) is 19.7 Å². The largest absolute Gasteiger partial charge is 0.301 e. The van der Waals surface area contributed by atoms with E-state index in [-0.39, 0.29) is 23.1 Å². The summed E-state index contributed by atoms with van der Waals surface area (Å²) in [5.74, 6) is -0.720. The van der Waals surface area contributed by atoms with Crippen LogP contribution in [0.25, 0.3) is 21.8 Å². The van der Waals surface area contributed by atoms with Crippen molar-refractivity contribution in [2.75, 3.05) is 18.3 Å². The molecule has 0 aliphatic heterocycles. The van der Waals surface area contributed by atoms with Crippen molar-refractivity contribution in [2.45, 2.75) is 13.8 Å². The number of aryl methyl sites for hydroxylation is 1. The minimum absolute atomic E-state index is 0.0686.